The summed E-state index contributed by atoms with van der Waals surface area (Å²) in [6.07, 6.45) is 0.698. The topological polar surface area (TPSA) is 103 Å². The highest BCUT2D eigenvalue weighted by molar-refractivity contribution is 6.00. The standard InChI is InChI=1S/C19H21N3O5/c1-3-26-18(23)17-16(15(11-20)12-22(17)9-10-25-2)21-19(24)27-13-14-7-5-4-6-8-14/h4-8,12H,3,9-10,13H2,1-2H3,(H,21,24). The number of methoxy groups -OCH3 is 1. The van der Waals surface area contributed by atoms with Gasteiger partial charge in [-0.2, -0.15) is 5.26 Å². The predicted octanol–water partition coefficient (Wildman–Crippen LogP) is 2.93. The van der Waals surface area contributed by atoms with Crippen LogP contribution in [0.2, 0.25) is 0 Å². The van der Waals surface area contributed by atoms with E-state index in [1.807, 2.05) is 36.4 Å². The van der Waals surface area contributed by atoms with Crippen molar-refractivity contribution in [3.63, 3.8) is 0 Å². The minimum atomic E-state index is -0.773. The highest BCUT2D eigenvalue weighted by Gasteiger charge is 2.25. The van der Waals surface area contributed by atoms with Gasteiger partial charge >= 0.3 is 12.1 Å². The van der Waals surface area contributed by atoms with Crippen LogP contribution in [-0.2, 0) is 27.4 Å². The number of esters is 1. The Hall–Kier alpha value is -3.31. The van der Waals surface area contributed by atoms with E-state index in [4.69, 9.17) is 14.2 Å². The van der Waals surface area contributed by atoms with E-state index < -0.39 is 12.1 Å². The summed E-state index contributed by atoms with van der Waals surface area (Å²) in [5.74, 6) is -0.645. The number of amides is 1. The highest BCUT2D eigenvalue weighted by Crippen LogP contribution is 2.25. The zero-order chi connectivity index (χ0) is 19.6. The van der Waals surface area contributed by atoms with Crippen molar-refractivity contribution in [2.24, 2.45) is 0 Å². The molecule has 1 heterocycles. The Labute approximate surface area is 157 Å². The molecule has 1 N–H and O–H groups in total. The van der Waals surface area contributed by atoms with Crippen LogP contribution in [0.15, 0.2) is 36.5 Å². The summed E-state index contributed by atoms with van der Waals surface area (Å²) in [6, 6.07) is 11.1. The molecule has 0 spiro atoms. The minimum Gasteiger partial charge on any atom is -0.461 e. The van der Waals surface area contributed by atoms with Crippen LogP contribution in [0.3, 0.4) is 0 Å². The number of anilines is 1. The van der Waals surface area contributed by atoms with Crippen LogP contribution in [0.4, 0.5) is 10.5 Å². The SMILES string of the molecule is CCOC(=O)c1c(NC(=O)OCc2ccccc2)c(C#N)cn1CCOC. The lowest BCUT2D eigenvalue weighted by molar-refractivity contribution is 0.0513. The number of nitrogens with one attached hydrogen (secondary N) is 1. The fourth-order valence-electron chi connectivity index (χ4n) is 2.41. The van der Waals surface area contributed by atoms with Gasteiger partial charge in [-0.3, -0.25) is 5.32 Å². The van der Waals surface area contributed by atoms with Crippen LogP contribution < -0.4 is 5.32 Å². The zero-order valence-electron chi connectivity index (χ0n) is 15.2. The molecule has 8 nitrogen and oxygen atoms in total. The normalized spacial score (nSPS) is 10.1. The summed E-state index contributed by atoms with van der Waals surface area (Å²) in [5, 5.41) is 11.9. The molecule has 2 aromatic rings. The molecule has 0 saturated heterocycles. The quantitative estimate of drug-likeness (QED) is 0.716. The van der Waals surface area contributed by atoms with E-state index in [9.17, 15) is 14.9 Å². The number of hydrogen-bond donors (Lipinski definition) is 1. The van der Waals surface area contributed by atoms with Crippen molar-refractivity contribution in [3.05, 3.63) is 53.3 Å². The number of nitrogens with zero attached hydrogens (tertiary/aromatic N) is 2. The molecule has 2 rings (SSSR count). The van der Waals surface area contributed by atoms with E-state index in [2.05, 4.69) is 5.32 Å². The van der Waals surface area contributed by atoms with Gasteiger partial charge < -0.3 is 18.8 Å². The van der Waals surface area contributed by atoms with Crippen molar-refractivity contribution in [1.29, 1.82) is 5.26 Å². The predicted molar refractivity (Wildman–Crippen MR) is 97.2 cm³/mol. The lowest BCUT2D eigenvalue weighted by atomic mass is 10.2. The first-order chi connectivity index (χ1) is 13.1. The lowest BCUT2D eigenvalue weighted by Crippen LogP contribution is -2.19. The van der Waals surface area contributed by atoms with Gasteiger partial charge in [-0.25, -0.2) is 9.59 Å². The molecule has 0 aliphatic heterocycles. The van der Waals surface area contributed by atoms with Crippen molar-refractivity contribution < 1.29 is 23.8 Å². The average molecular weight is 371 g/mol. The van der Waals surface area contributed by atoms with Gasteiger partial charge in [-0.05, 0) is 12.5 Å². The maximum absolute atomic E-state index is 12.4. The fourth-order valence-corrected chi connectivity index (χ4v) is 2.41. The molecular weight excluding hydrogens is 350 g/mol. The zero-order valence-corrected chi connectivity index (χ0v) is 15.2. The maximum Gasteiger partial charge on any atom is 0.412 e. The third-order valence-electron chi connectivity index (χ3n) is 3.64. The second kappa shape index (κ2) is 9.99. The molecule has 27 heavy (non-hydrogen) atoms. The Bertz CT molecular complexity index is 824. The first kappa shape index (κ1) is 20.0. The van der Waals surface area contributed by atoms with Crippen LogP contribution in [0, 0.1) is 11.3 Å². The van der Waals surface area contributed by atoms with Crippen LogP contribution >= 0.6 is 0 Å². The van der Waals surface area contributed by atoms with E-state index in [0.29, 0.717) is 13.2 Å². The number of aromatic nitrogens is 1. The third-order valence-corrected chi connectivity index (χ3v) is 3.64. The van der Waals surface area contributed by atoms with Crippen molar-refractivity contribution in [2.45, 2.75) is 20.1 Å². The van der Waals surface area contributed by atoms with Gasteiger partial charge in [0, 0.05) is 19.9 Å². The van der Waals surface area contributed by atoms with Crippen molar-refractivity contribution in [3.8, 4) is 6.07 Å². The number of carbonyl (C=O) groups excluding carboxylic acids is 2. The molecule has 0 aliphatic carbocycles. The van der Waals surface area contributed by atoms with Gasteiger partial charge in [0.25, 0.3) is 0 Å². The lowest BCUT2D eigenvalue weighted by Gasteiger charge is -2.11. The van der Waals surface area contributed by atoms with Gasteiger partial charge in [-0.15, -0.1) is 0 Å². The number of nitriles is 1. The molecule has 8 heteroatoms. The molecule has 1 amide bonds. The second-order valence-corrected chi connectivity index (χ2v) is 5.47. The Morgan fingerprint density at radius 2 is 1.96 bits per heavy atom. The first-order valence-corrected chi connectivity index (χ1v) is 8.37. The van der Waals surface area contributed by atoms with E-state index >= 15 is 0 Å². The largest absolute Gasteiger partial charge is 0.461 e. The van der Waals surface area contributed by atoms with Gasteiger partial charge in [-0.1, -0.05) is 30.3 Å². The summed E-state index contributed by atoms with van der Waals surface area (Å²) in [7, 11) is 1.53. The fraction of sp³-hybridized carbons (Fsp3) is 0.316. The molecule has 1 aromatic heterocycles. The Morgan fingerprint density at radius 1 is 1.22 bits per heavy atom. The molecule has 142 valence electrons. The van der Waals surface area contributed by atoms with Crippen LogP contribution in [0.1, 0.15) is 28.5 Å². The van der Waals surface area contributed by atoms with Crippen molar-refractivity contribution in [1.82, 2.24) is 4.57 Å². The van der Waals surface area contributed by atoms with E-state index in [1.54, 1.807) is 6.92 Å². The Balaban J connectivity index is 2.22. The highest BCUT2D eigenvalue weighted by atomic mass is 16.5. The molecule has 1 aromatic carbocycles. The summed E-state index contributed by atoms with van der Waals surface area (Å²) in [6.45, 7) is 2.54. The van der Waals surface area contributed by atoms with Crippen LogP contribution in [0.25, 0.3) is 0 Å². The Morgan fingerprint density at radius 3 is 2.59 bits per heavy atom. The molecule has 0 atom stereocenters. The number of rotatable bonds is 8. The number of ether oxygens (including phenoxy) is 3. The molecule has 0 bridgehead atoms. The molecule has 0 unspecified atom stereocenters. The molecule has 0 saturated carbocycles. The summed E-state index contributed by atoms with van der Waals surface area (Å²) < 4.78 is 16.8. The van der Waals surface area contributed by atoms with Crippen molar-refractivity contribution >= 4 is 17.7 Å². The van der Waals surface area contributed by atoms with E-state index in [1.165, 1.54) is 17.9 Å². The monoisotopic (exact) mass is 371 g/mol. The molecule has 0 radical (unpaired) electrons. The van der Waals surface area contributed by atoms with Crippen LogP contribution in [-0.4, -0.2) is 37.0 Å². The van der Waals surface area contributed by atoms with E-state index in [0.717, 1.165) is 5.56 Å². The summed E-state index contributed by atoms with van der Waals surface area (Å²) >= 11 is 0. The van der Waals surface area contributed by atoms with Crippen LogP contribution in [0.5, 0.6) is 0 Å². The van der Waals surface area contributed by atoms with Gasteiger partial charge in [0.05, 0.1) is 24.5 Å². The first-order valence-electron chi connectivity index (χ1n) is 8.37. The van der Waals surface area contributed by atoms with Gasteiger partial charge in [0.2, 0.25) is 0 Å². The maximum atomic E-state index is 12.4. The number of hydrogen-bond acceptors (Lipinski definition) is 6. The molecule has 0 aliphatic rings. The third kappa shape index (κ3) is 5.33. The molecular formula is C19H21N3O5. The van der Waals surface area contributed by atoms with E-state index in [-0.39, 0.29) is 30.2 Å². The average Bonchev–Trinajstić information content (AvgIpc) is 3.03. The minimum absolute atomic E-state index is 0.0603. The number of benzene rings is 1. The van der Waals surface area contributed by atoms with Gasteiger partial charge in [0.1, 0.15) is 12.7 Å². The Kier molecular flexibility index (Phi) is 7.40. The number of carbonyl (C=O) groups is 2. The summed E-state index contributed by atoms with van der Waals surface area (Å²) in [5.41, 5.74) is 1.08. The molecule has 0 fully saturated rings. The smallest absolute Gasteiger partial charge is 0.412 e. The van der Waals surface area contributed by atoms with Crippen molar-refractivity contribution in [2.75, 3.05) is 25.6 Å². The second-order valence-electron chi connectivity index (χ2n) is 5.47. The van der Waals surface area contributed by atoms with Gasteiger partial charge in [0.15, 0.2) is 5.69 Å². The summed E-state index contributed by atoms with van der Waals surface area (Å²) in [4.78, 5) is 24.5.